The molecular weight excluding hydrogens is 331 g/mol. The molecule has 0 aliphatic heterocycles. The Morgan fingerprint density at radius 1 is 1.15 bits per heavy atom. The molecular formula is C21H19FN2O2. The Labute approximate surface area is 150 Å². The second-order valence-corrected chi connectivity index (χ2v) is 6.81. The summed E-state index contributed by atoms with van der Waals surface area (Å²) in [6, 6.07) is 15.2. The summed E-state index contributed by atoms with van der Waals surface area (Å²) in [5.41, 5.74) is 2.06. The molecule has 1 fully saturated rings. The maximum Gasteiger partial charge on any atom is 0.251 e. The molecule has 1 aliphatic rings. The maximum absolute atomic E-state index is 13.4. The van der Waals surface area contributed by atoms with Gasteiger partial charge in [0.15, 0.2) is 0 Å². The number of pyridine rings is 1. The van der Waals surface area contributed by atoms with Crippen LogP contribution in [0.4, 0.5) is 4.39 Å². The van der Waals surface area contributed by atoms with E-state index < -0.39 is 5.82 Å². The van der Waals surface area contributed by atoms with E-state index in [4.69, 9.17) is 0 Å². The molecule has 2 aromatic carbocycles. The van der Waals surface area contributed by atoms with Crippen molar-refractivity contribution in [3.63, 3.8) is 0 Å². The van der Waals surface area contributed by atoms with Crippen molar-refractivity contribution in [2.75, 3.05) is 0 Å². The number of rotatable bonds is 4. The number of amides is 1. The highest BCUT2D eigenvalue weighted by Crippen LogP contribution is 2.38. The average Bonchev–Trinajstić information content (AvgIpc) is 2.63. The summed E-state index contributed by atoms with van der Waals surface area (Å²) >= 11 is 0. The fourth-order valence-corrected chi connectivity index (χ4v) is 3.49. The molecule has 1 aromatic heterocycles. The van der Waals surface area contributed by atoms with Gasteiger partial charge in [0.1, 0.15) is 5.82 Å². The largest absolute Gasteiger partial charge is 0.393 e. The van der Waals surface area contributed by atoms with Crippen LogP contribution >= 0.6 is 0 Å². The first-order valence-corrected chi connectivity index (χ1v) is 8.69. The van der Waals surface area contributed by atoms with E-state index in [9.17, 15) is 14.3 Å². The van der Waals surface area contributed by atoms with E-state index in [0.717, 1.165) is 16.5 Å². The SMILES string of the molecule is O=C(N[C@H](c1cnc2ccccc2c1)C1CC(O)C1)c1cccc(F)c1. The van der Waals surface area contributed by atoms with Crippen molar-refractivity contribution in [1.82, 2.24) is 10.3 Å². The first-order valence-electron chi connectivity index (χ1n) is 8.69. The minimum Gasteiger partial charge on any atom is -0.393 e. The van der Waals surface area contributed by atoms with Crippen molar-refractivity contribution in [2.24, 2.45) is 5.92 Å². The van der Waals surface area contributed by atoms with Gasteiger partial charge >= 0.3 is 0 Å². The highest BCUT2D eigenvalue weighted by atomic mass is 19.1. The molecule has 1 amide bonds. The third kappa shape index (κ3) is 3.30. The van der Waals surface area contributed by atoms with Gasteiger partial charge in [0.2, 0.25) is 0 Å². The lowest BCUT2D eigenvalue weighted by atomic mass is 9.75. The fraction of sp³-hybridized carbons (Fsp3) is 0.238. The number of carbonyl (C=O) groups excluding carboxylic acids is 1. The van der Waals surface area contributed by atoms with Crippen LogP contribution in [0.1, 0.15) is 34.8 Å². The number of fused-ring (bicyclic) bond motifs is 1. The number of aromatic nitrogens is 1. The molecule has 1 atom stereocenters. The third-order valence-corrected chi connectivity index (χ3v) is 4.97. The van der Waals surface area contributed by atoms with Crippen LogP contribution in [0.25, 0.3) is 10.9 Å². The molecule has 3 aromatic rings. The van der Waals surface area contributed by atoms with E-state index >= 15 is 0 Å². The number of aliphatic hydroxyl groups is 1. The highest BCUT2D eigenvalue weighted by Gasteiger charge is 2.36. The summed E-state index contributed by atoms with van der Waals surface area (Å²) in [6.45, 7) is 0. The number of hydrogen-bond acceptors (Lipinski definition) is 3. The number of nitrogens with one attached hydrogen (secondary N) is 1. The highest BCUT2D eigenvalue weighted by molar-refractivity contribution is 5.94. The molecule has 26 heavy (non-hydrogen) atoms. The summed E-state index contributed by atoms with van der Waals surface area (Å²) in [5.74, 6) is -0.643. The monoisotopic (exact) mass is 350 g/mol. The predicted molar refractivity (Wildman–Crippen MR) is 97.1 cm³/mol. The molecule has 0 spiro atoms. The molecule has 0 unspecified atom stereocenters. The molecule has 1 saturated carbocycles. The van der Waals surface area contributed by atoms with E-state index in [0.29, 0.717) is 12.8 Å². The number of benzene rings is 2. The van der Waals surface area contributed by atoms with Crippen LogP contribution in [0.5, 0.6) is 0 Å². The Morgan fingerprint density at radius 2 is 1.96 bits per heavy atom. The van der Waals surface area contributed by atoms with Crippen LogP contribution in [-0.2, 0) is 0 Å². The molecule has 1 heterocycles. The third-order valence-electron chi connectivity index (χ3n) is 4.97. The van der Waals surface area contributed by atoms with Gasteiger partial charge in [0.05, 0.1) is 17.7 Å². The van der Waals surface area contributed by atoms with E-state index in [1.165, 1.54) is 18.2 Å². The lowest BCUT2D eigenvalue weighted by molar-refractivity contribution is 0.0235. The zero-order chi connectivity index (χ0) is 18.1. The summed E-state index contributed by atoms with van der Waals surface area (Å²) in [6.07, 6.45) is 2.69. The zero-order valence-corrected chi connectivity index (χ0v) is 14.1. The van der Waals surface area contributed by atoms with Gasteiger partial charge in [0.25, 0.3) is 5.91 Å². The Balaban J connectivity index is 1.64. The van der Waals surface area contributed by atoms with Crippen molar-refractivity contribution >= 4 is 16.8 Å². The topological polar surface area (TPSA) is 62.2 Å². The molecule has 1 aliphatic carbocycles. The zero-order valence-electron chi connectivity index (χ0n) is 14.1. The minimum absolute atomic E-state index is 0.130. The second-order valence-electron chi connectivity index (χ2n) is 6.81. The van der Waals surface area contributed by atoms with Gasteiger partial charge in [-0.25, -0.2) is 4.39 Å². The summed E-state index contributed by atoms with van der Waals surface area (Å²) in [5, 5.41) is 13.7. The molecule has 132 valence electrons. The van der Waals surface area contributed by atoms with Gasteiger partial charge in [-0.1, -0.05) is 24.3 Å². The van der Waals surface area contributed by atoms with Crippen LogP contribution < -0.4 is 5.32 Å². The van der Waals surface area contributed by atoms with Crippen LogP contribution in [-0.4, -0.2) is 22.1 Å². The lowest BCUT2D eigenvalue weighted by Crippen LogP contribution is -2.41. The number of halogens is 1. The summed E-state index contributed by atoms with van der Waals surface area (Å²) in [4.78, 5) is 17.1. The van der Waals surface area contributed by atoms with Crippen molar-refractivity contribution in [3.05, 3.63) is 77.7 Å². The predicted octanol–water partition coefficient (Wildman–Crippen LogP) is 3.62. The van der Waals surface area contributed by atoms with E-state index in [-0.39, 0.29) is 29.5 Å². The number of para-hydroxylation sites is 1. The second kappa shape index (κ2) is 6.84. The van der Waals surface area contributed by atoms with Crippen LogP contribution in [0, 0.1) is 11.7 Å². The van der Waals surface area contributed by atoms with Gasteiger partial charge in [-0.2, -0.15) is 0 Å². The standard InChI is InChI=1S/C21H19FN2O2/c22-17-6-3-5-14(9-17)21(26)24-20(15-10-18(25)11-15)16-8-13-4-1-2-7-19(13)23-12-16/h1-9,12,15,18,20,25H,10-11H2,(H,24,26)/t15?,18?,20-/m0/s1. The smallest absolute Gasteiger partial charge is 0.251 e. The normalized spacial score (nSPS) is 20.4. The van der Waals surface area contributed by atoms with Crippen molar-refractivity contribution < 1.29 is 14.3 Å². The quantitative estimate of drug-likeness (QED) is 0.755. The molecule has 4 nitrogen and oxygen atoms in total. The number of carbonyl (C=O) groups is 1. The molecule has 4 rings (SSSR count). The van der Waals surface area contributed by atoms with Crippen molar-refractivity contribution in [3.8, 4) is 0 Å². The summed E-state index contributed by atoms with van der Waals surface area (Å²) < 4.78 is 13.4. The van der Waals surface area contributed by atoms with Gasteiger partial charge in [-0.15, -0.1) is 0 Å². The van der Waals surface area contributed by atoms with E-state index in [1.807, 2.05) is 30.3 Å². The first kappa shape index (κ1) is 16.7. The minimum atomic E-state index is -0.444. The van der Waals surface area contributed by atoms with Gasteiger partial charge in [0, 0.05) is 17.1 Å². The molecule has 0 radical (unpaired) electrons. The fourth-order valence-electron chi connectivity index (χ4n) is 3.49. The Kier molecular flexibility index (Phi) is 4.39. The Bertz CT molecular complexity index is 953. The van der Waals surface area contributed by atoms with Crippen LogP contribution in [0.15, 0.2) is 60.8 Å². The number of hydrogen-bond donors (Lipinski definition) is 2. The van der Waals surface area contributed by atoms with Gasteiger partial charge < -0.3 is 10.4 Å². The Hall–Kier alpha value is -2.79. The lowest BCUT2D eigenvalue weighted by Gasteiger charge is -2.38. The van der Waals surface area contributed by atoms with Crippen molar-refractivity contribution in [1.29, 1.82) is 0 Å². The maximum atomic E-state index is 13.4. The van der Waals surface area contributed by atoms with Crippen LogP contribution in [0.3, 0.4) is 0 Å². The number of aliphatic hydroxyl groups excluding tert-OH is 1. The molecule has 0 bridgehead atoms. The molecule has 2 N–H and O–H groups in total. The average molecular weight is 350 g/mol. The molecule has 5 heteroatoms. The van der Waals surface area contributed by atoms with Gasteiger partial charge in [-0.3, -0.25) is 9.78 Å². The van der Waals surface area contributed by atoms with Crippen LogP contribution in [0.2, 0.25) is 0 Å². The van der Waals surface area contributed by atoms with Crippen molar-refractivity contribution in [2.45, 2.75) is 25.0 Å². The van der Waals surface area contributed by atoms with Gasteiger partial charge in [-0.05, 0) is 54.7 Å². The van der Waals surface area contributed by atoms with E-state index in [1.54, 1.807) is 12.3 Å². The number of nitrogens with zero attached hydrogens (tertiary/aromatic N) is 1. The summed E-state index contributed by atoms with van der Waals surface area (Å²) in [7, 11) is 0. The first-order chi connectivity index (χ1) is 12.6. The molecule has 0 saturated heterocycles. The van der Waals surface area contributed by atoms with E-state index in [2.05, 4.69) is 10.3 Å². The Morgan fingerprint density at radius 3 is 2.73 bits per heavy atom.